The van der Waals surface area contributed by atoms with E-state index >= 15 is 0 Å². The monoisotopic (exact) mass is 260 g/mol. The molecule has 1 atom stereocenters. The van der Waals surface area contributed by atoms with Gasteiger partial charge < -0.3 is 11.1 Å². The summed E-state index contributed by atoms with van der Waals surface area (Å²) in [7, 11) is 0. The van der Waals surface area contributed by atoms with Crippen LogP contribution in [-0.2, 0) is 0 Å². The molecule has 0 spiro atoms. The smallest absolute Gasteiger partial charge is 0.391 e. The van der Waals surface area contributed by atoms with E-state index in [1.54, 1.807) is 19.1 Å². The van der Waals surface area contributed by atoms with Crippen molar-refractivity contribution in [2.24, 2.45) is 0 Å². The standard InChI is InChI=1S/C12H15F3N2O/c1-7-3-4-9(16)5-10(7)11(18)17-8(2)6-12(13,14)15/h3-5,8H,6,16H2,1-2H3,(H,17,18). The summed E-state index contributed by atoms with van der Waals surface area (Å²) in [4.78, 5) is 11.8. The number of nitrogen functional groups attached to an aromatic ring is 1. The molecule has 0 heterocycles. The molecule has 1 aromatic rings. The van der Waals surface area contributed by atoms with Crippen molar-refractivity contribution in [2.45, 2.75) is 32.5 Å². The van der Waals surface area contributed by atoms with Crippen LogP contribution in [0.15, 0.2) is 18.2 Å². The molecule has 1 rings (SSSR count). The molecule has 0 aliphatic heterocycles. The fourth-order valence-corrected chi connectivity index (χ4v) is 1.58. The average Bonchev–Trinajstić information content (AvgIpc) is 2.18. The fraction of sp³-hybridized carbons (Fsp3) is 0.417. The minimum Gasteiger partial charge on any atom is -0.399 e. The number of aryl methyl sites for hydroxylation is 1. The molecule has 0 bridgehead atoms. The van der Waals surface area contributed by atoms with E-state index in [-0.39, 0.29) is 0 Å². The van der Waals surface area contributed by atoms with Gasteiger partial charge in [0.2, 0.25) is 0 Å². The first-order chi connectivity index (χ1) is 8.19. The number of rotatable bonds is 3. The van der Waals surface area contributed by atoms with Crippen LogP contribution in [0, 0.1) is 6.92 Å². The quantitative estimate of drug-likeness (QED) is 0.821. The Kier molecular flexibility index (Phi) is 4.21. The largest absolute Gasteiger partial charge is 0.399 e. The molecule has 3 nitrogen and oxygen atoms in total. The van der Waals surface area contributed by atoms with Gasteiger partial charge in [-0.25, -0.2) is 0 Å². The second-order valence-electron chi connectivity index (χ2n) is 4.27. The zero-order valence-electron chi connectivity index (χ0n) is 10.1. The van der Waals surface area contributed by atoms with Crippen molar-refractivity contribution in [1.82, 2.24) is 5.32 Å². The first kappa shape index (κ1) is 14.3. The van der Waals surface area contributed by atoms with Crippen molar-refractivity contribution < 1.29 is 18.0 Å². The van der Waals surface area contributed by atoms with Crippen molar-refractivity contribution in [3.8, 4) is 0 Å². The summed E-state index contributed by atoms with van der Waals surface area (Å²) in [5.41, 5.74) is 6.90. The maximum Gasteiger partial charge on any atom is 0.391 e. The first-order valence-corrected chi connectivity index (χ1v) is 5.43. The molecule has 0 saturated heterocycles. The second-order valence-corrected chi connectivity index (χ2v) is 4.27. The Morgan fingerprint density at radius 3 is 2.61 bits per heavy atom. The summed E-state index contributed by atoms with van der Waals surface area (Å²) >= 11 is 0. The third-order valence-electron chi connectivity index (χ3n) is 2.42. The summed E-state index contributed by atoms with van der Waals surface area (Å²) in [6.07, 6.45) is -5.35. The number of nitrogens with two attached hydrogens (primary N) is 1. The van der Waals surface area contributed by atoms with Gasteiger partial charge in [-0.3, -0.25) is 4.79 Å². The Labute approximate surface area is 103 Å². The highest BCUT2D eigenvalue weighted by atomic mass is 19.4. The van der Waals surface area contributed by atoms with Gasteiger partial charge in [0.25, 0.3) is 5.91 Å². The number of hydrogen-bond donors (Lipinski definition) is 2. The van der Waals surface area contributed by atoms with Gasteiger partial charge in [0.1, 0.15) is 0 Å². The molecule has 1 amide bonds. The Morgan fingerprint density at radius 2 is 2.06 bits per heavy atom. The van der Waals surface area contributed by atoms with Crippen LogP contribution >= 0.6 is 0 Å². The predicted octanol–water partition coefficient (Wildman–Crippen LogP) is 2.65. The molecule has 1 aromatic carbocycles. The van der Waals surface area contributed by atoms with Crippen molar-refractivity contribution in [3.63, 3.8) is 0 Å². The third-order valence-corrected chi connectivity index (χ3v) is 2.42. The van der Waals surface area contributed by atoms with Crippen LogP contribution in [0.4, 0.5) is 18.9 Å². The Morgan fingerprint density at radius 1 is 1.44 bits per heavy atom. The van der Waals surface area contributed by atoms with Gasteiger partial charge in [-0.1, -0.05) is 6.07 Å². The van der Waals surface area contributed by atoms with E-state index < -0.39 is 24.5 Å². The number of carbonyl (C=O) groups excluding carboxylic acids is 1. The second kappa shape index (κ2) is 5.29. The molecule has 0 fully saturated rings. The van der Waals surface area contributed by atoms with E-state index in [9.17, 15) is 18.0 Å². The molecule has 0 radical (unpaired) electrons. The zero-order chi connectivity index (χ0) is 13.9. The zero-order valence-corrected chi connectivity index (χ0v) is 10.1. The van der Waals surface area contributed by atoms with E-state index in [1.807, 2.05) is 0 Å². The number of halogens is 3. The fourth-order valence-electron chi connectivity index (χ4n) is 1.58. The molecule has 0 aromatic heterocycles. The topological polar surface area (TPSA) is 55.1 Å². The van der Waals surface area contributed by atoms with Crippen LogP contribution < -0.4 is 11.1 Å². The lowest BCUT2D eigenvalue weighted by Gasteiger charge is -2.16. The van der Waals surface area contributed by atoms with Crippen LogP contribution in [0.5, 0.6) is 0 Å². The van der Waals surface area contributed by atoms with Gasteiger partial charge in [0, 0.05) is 17.3 Å². The van der Waals surface area contributed by atoms with Gasteiger partial charge >= 0.3 is 6.18 Å². The number of benzene rings is 1. The van der Waals surface area contributed by atoms with E-state index in [0.717, 1.165) is 0 Å². The number of alkyl halides is 3. The lowest BCUT2D eigenvalue weighted by atomic mass is 10.1. The highest BCUT2D eigenvalue weighted by Crippen LogP contribution is 2.21. The van der Waals surface area contributed by atoms with E-state index in [0.29, 0.717) is 16.8 Å². The lowest BCUT2D eigenvalue weighted by Crippen LogP contribution is -2.36. The summed E-state index contributed by atoms with van der Waals surface area (Å²) < 4.78 is 36.4. The number of nitrogens with one attached hydrogen (secondary N) is 1. The molecule has 100 valence electrons. The number of hydrogen-bond acceptors (Lipinski definition) is 2. The van der Waals surface area contributed by atoms with Crippen LogP contribution in [0.25, 0.3) is 0 Å². The number of anilines is 1. The van der Waals surface area contributed by atoms with Crippen LogP contribution in [0.1, 0.15) is 29.3 Å². The molecular formula is C12H15F3N2O. The number of amides is 1. The van der Waals surface area contributed by atoms with Crippen LogP contribution in [0.3, 0.4) is 0 Å². The lowest BCUT2D eigenvalue weighted by molar-refractivity contribution is -0.138. The van der Waals surface area contributed by atoms with Crippen molar-refractivity contribution >= 4 is 11.6 Å². The molecule has 18 heavy (non-hydrogen) atoms. The summed E-state index contributed by atoms with van der Waals surface area (Å²) in [6, 6.07) is 3.76. The molecule has 6 heteroatoms. The van der Waals surface area contributed by atoms with Crippen molar-refractivity contribution in [3.05, 3.63) is 29.3 Å². The predicted molar refractivity (Wildman–Crippen MR) is 63.2 cm³/mol. The van der Waals surface area contributed by atoms with E-state index in [2.05, 4.69) is 5.32 Å². The van der Waals surface area contributed by atoms with Crippen LogP contribution in [0.2, 0.25) is 0 Å². The minimum absolute atomic E-state index is 0.295. The van der Waals surface area contributed by atoms with Gasteiger partial charge in [0.15, 0.2) is 0 Å². The molecule has 0 aliphatic rings. The van der Waals surface area contributed by atoms with Gasteiger partial charge in [0.05, 0.1) is 6.42 Å². The normalized spacial score (nSPS) is 13.2. The Bertz CT molecular complexity index is 443. The SMILES string of the molecule is Cc1ccc(N)cc1C(=O)NC(C)CC(F)(F)F. The Balaban J connectivity index is 2.74. The third kappa shape index (κ3) is 4.27. The summed E-state index contributed by atoms with van der Waals surface area (Å²) in [5, 5.41) is 2.31. The maximum absolute atomic E-state index is 12.1. The highest BCUT2D eigenvalue weighted by Gasteiger charge is 2.30. The van der Waals surface area contributed by atoms with Gasteiger partial charge in [-0.2, -0.15) is 13.2 Å². The summed E-state index contributed by atoms with van der Waals surface area (Å²) in [5.74, 6) is -0.545. The summed E-state index contributed by atoms with van der Waals surface area (Å²) in [6.45, 7) is 3.01. The maximum atomic E-state index is 12.1. The first-order valence-electron chi connectivity index (χ1n) is 5.43. The highest BCUT2D eigenvalue weighted by molar-refractivity contribution is 5.96. The van der Waals surface area contributed by atoms with Crippen molar-refractivity contribution in [1.29, 1.82) is 0 Å². The molecule has 1 unspecified atom stereocenters. The Hall–Kier alpha value is -1.72. The molecule has 0 aliphatic carbocycles. The van der Waals surface area contributed by atoms with Gasteiger partial charge in [-0.05, 0) is 31.5 Å². The van der Waals surface area contributed by atoms with Gasteiger partial charge in [-0.15, -0.1) is 0 Å². The average molecular weight is 260 g/mol. The molecule has 3 N–H and O–H groups in total. The number of carbonyl (C=O) groups is 1. The minimum atomic E-state index is -4.29. The van der Waals surface area contributed by atoms with Crippen LogP contribution in [-0.4, -0.2) is 18.1 Å². The van der Waals surface area contributed by atoms with E-state index in [4.69, 9.17) is 5.73 Å². The molecular weight excluding hydrogens is 245 g/mol. The van der Waals surface area contributed by atoms with Crippen molar-refractivity contribution in [2.75, 3.05) is 5.73 Å². The molecule has 0 saturated carbocycles. The van der Waals surface area contributed by atoms with E-state index in [1.165, 1.54) is 13.0 Å².